The van der Waals surface area contributed by atoms with Crippen LogP contribution in [0.1, 0.15) is 44.6 Å². The van der Waals surface area contributed by atoms with Crippen LogP contribution in [0, 0.1) is 10.1 Å². The van der Waals surface area contributed by atoms with Crippen molar-refractivity contribution in [3.05, 3.63) is 45.5 Å². The molecule has 0 atom stereocenters. The maximum atomic E-state index is 12.2. The third-order valence-corrected chi connectivity index (χ3v) is 4.98. The molecular weight excluding hydrogens is 286 g/mol. The lowest BCUT2D eigenvalue weighted by Gasteiger charge is -2.20. The SMILES string of the molecule is C/C(=C\c1ccc([N+](=O)[O-])cc1)C(=O)SC1CCCCC1. The molecule has 0 spiro atoms. The molecule has 0 radical (unpaired) electrons. The predicted molar refractivity (Wildman–Crippen MR) is 86.2 cm³/mol. The highest BCUT2D eigenvalue weighted by molar-refractivity contribution is 8.14. The first kappa shape index (κ1) is 15.8. The van der Waals surface area contributed by atoms with E-state index in [0.29, 0.717) is 10.8 Å². The van der Waals surface area contributed by atoms with Gasteiger partial charge in [-0.3, -0.25) is 14.9 Å². The van der Waals surface area contributed by atoms with Crippen molar-refractivity contribution in [2.24, 2.45) is 0 Å². The number of benzene rings is 1. The van der Waals surface area contributed by atoms with Crippen LogP contribution in [0.25, 0.3) is 6.08 Å². The molecule has 5 heteroatoms. The Kier molecular flexibility index (Phi) is 5.56. The number of rotatable bonds is 4. The molecule has 0 aliphatic heterocycles. The molecule has 0 saturated heterocycles. The number of hydrogen-bond acceptors (Lipinski definition) is 4. The Bertz CT molecular complexity index is 545. The zero-order valence-corrected chi connectivity index (χ0v) is 12.9. The Labute approximate surface area is 128 Å². The minimum Gasteiger partial charge on any atom is -0.282 e. The van der Waals surface area contributed by atoms with E-state index < -0.39 is 4.92 Å². The molecule has 1 aliphatic rings. The molecule has 112 valence electrons. The van der Waals surface area contributed by atoms with E-state index in [1.807, 2.05) is 0 Å². The Morgan fingerprint density at radius 1 is 1.24 bits per heavy atom. The zero-order valence-electron chi connectivity index (χ0n) is 12.1. The van der Waals surface area contributed by atoms with Gasteiger partial charge in [0.15, 0.2) is 0 Å². The molecule has 0 unspecified atom stereocenters. The average Bonchev–Trinajstić information content (AvgIpc) is 2.48. The number of hydrogen-bond donors (Lipinski definition) is 0. The van der Waals surface area contributed by atoms with Gasteiger partial charge in [0.25, 0.3) is 5.69 Å². The summed E-state index contributed by atoms with van der Waals surface area (Å²) in [6, 6.07) is 6.25. The molecule has 0 aromatic heterocycles. The molecular formula is C16H19NO3S. The van der Waals surface area contributed by atoms with Crippen LogP contribution in [0.3, 0.4) is 0 Å². The molecule has 1 aromatic rings. The topological polar surface area (TPSA) is 60.2 Å². The van der Waals surface area contributed by atoms with E-state index in [1.54, 1.807) is 25.1 Å². The number of non-ortho nitro benzene ring substituents is 1. The standard InChI is InChI=1S/C16H19NO3S/c1-12(16(18)21-15-5-3-2-4-6-15)11-13-7-9-14(10-8-13)17(19)20/h7-11,15H,2-6H2,1H3/b12-11+. The average molecular weight is 305 g/mol. The van der Waals surface area contributed by atoms with E-state index in [1.165, 1.54) is 43.2 Å². The predicted octanol–water partition coefficient (Wildman–Crippen LogP) is 4.59. The van der Waals surface area contributed by atoms with Crippen molar-refractivity contribution >= 4 is 28.6 Å². The van der Waals surface area contributed by atoms with Gasteiger partial charge in [-0.25, -0.2) is 0 Å². The largest absolute Gasteiger partial charge is 0.282 e. The summed E-state index contributed by atoms with van der Waals surface area (Å²) in [5.41, 5.74) is 1.57. The number of thioether (sulfide) groups is 1. The molecule has 0 heterocycles. The molecule has 21 heavy (non-hydrogen) atoms. The van der Waals surface area contributed by atoms with Crippen LogP contribution in [0.2, 0.25) is 0 Å². The highest BCUT2D eigenvalue weighted by Crippen LogP contribution is 2.30. The summed E-state index contributed by atoms with van der Waals surface area (Å²) in [4.78, 5) is 22.3. The van der Waals surface area contributed by atoms with Crippen molar-refractivity contribution in [1.29, 1.82) is 0 Å². The minimum absolute atomic E-state index is 0.0627. The third-order valence-electron chi connectivity index (χ3n) is 3.63. The van der Waals surface area contributed by atoms with Gasteiger partial charge in [-0.2, -0.15) is 0 Å². The van der Waals surface area contributed by atoms with Crippen molar-refractivity contribution in [2.75, 3.05) is 0 Å². The number of nitrogens with zero attached hydrogens (tertiary/aromatic N) is 1. The van der Waals surface area contributed by atoms with Crippen LogP contribution in [0.15, 0.2) is 29.8 Å². The number of carbonyl (C=O) groups is 1. The summed E-state index contributed by atoms with van der Waals surface area (Å²) in [5, 5.41) is 11.2. The van der Waals surface area contributed by atoms with Gasteiger partial charge in [0.2, 0.25) is 5.12 Å². The first-order valence-electron chi connectivity index (χ1n) is 7.20. The molecule has 0 bridgehead atoms. The van der Waals surface area contributed by atoms with Crippen molar-refractivity contribution in [3.63, 3.8) is 0 Å². The maximum absolute atomic E-state index is 12.2. The fourth-order valence-corrected chi connectivity index (χ4v) is 3.55. The smallest absolute Gasteiger partial charge is 0.269 e. The number of nitro benzene ring substituents is 1. The summed E-state index contributed by atoms with van der Waals surface area (Å²) < 4.78 is 0. The second-order valence-corrected chi connectivity index (χ2v) is 6.61. The molecule has 4 nitrogen and oxygen atoms in total. The lowest BCUT2D eigenvalue weighted by molar-refractivity contribution is -0.384. The first-order valence-corrected chi connectivity index (χ1v) is 8.08. The van der Waals surface area contributed by atoms with E-state index in [2.05, 4.69) is 0 Å². The first-order chi connectivity index (χ1) is 10.1. The molecule has 1 saturated carbocycles. The lowest BCUT2D eigenvalue weighted by atomic mass is 10.0. The highest BCUT2D eigenvalue weighted by atomic mass is 32.2. The van der Waals surface area contributed by atoms with Gasteiger partial charge in [0.05, 0.1) is 4.92 Å². The van der Waals surface area contributed by atoms with Gasteiger partial charge in [0.1, 0.15) is 0 Å². The van der Waals surface area contributed by atoms with Crippen LogP contribution in [-0.2, 0) is 4.79 Å². The molecule has 0 N–H and O–H groups in total. The summed E-state index contributed by atoms with van der Waals surface area (Å²) in [6.07, 6.45) is 7.76. The van der Waals surface area contributed by atoms with Gasteiger partial charge in [0, 0.05) is 23.0 Å². The summed E-state index contributed by atoms with van der Waals surface area (Å²) in [7, 11) is 0. The quantitative estimate of drug-likeness (QED) is 0.463. The second kappa shape index (κ2) is 7.41. The highest BCUT2D eigenvalue weighted by Gasteiger charge is 2.18. The van der Waals surface area contributed by atoms with Gasteiger partial charge >= 0.3 is 0 Å². The van der Waals surface area contributed by atoms with E-state index in [-0.39, 0.29) is 10.8 Å². The Morgan fingerprint density at radius 3 is 2.43 bits per heavy atom. The Balaban J connectivity index is 1.98. The van der Waals surface area contributed by atoms with Crippen LogP contribution < -0.4 is 0 Å². The van der Waals surface area contributed by atoms with Gasteiger partial charge in [-0.1, -0.05) is 31.0 Å². The fourth-order valence-electron chi connectivity index (χ4n) is 2.43. The second-order valence-electron chi connectivity index (χ2n) is 5.34. The van der Waals surface area contributed by atoms with Crippen molar-refractivity contribution < 1.29 is 9.72 Å². The third kappa shape index (κ3) is 4.70. The number of carbonyl (C=O) groups excluding carboxylic acids is 1. The molecule has 1 aliphatic carbocycles. The lowest BCUT2D eigenvalue weighted by Crippen LogP contribution is -2.11. The van der Waals surface area contributed by atoms with Gasteiger partial charge in [-0.05, 0) is 43.5 Å². The van der Waals surface area contributed by atoms with E-state index in [0.717, 1.165) is 18.4 Å². The van der Waals surface area contributed by atoms with E-state index in [9.17, 15) is 14.9 Å². The minimum atomic E-state index is -0.426. The molecule has 2 rings (SSSR count). The maximum Gasteiger partial charge on any atom is 0.269 e. The Hall–Kier alpha value is -1.62. The van der Waals surface area contributed by atoms with Crippen LogP contribution in [-0.4, -0.2) is 15.3 Å². The summed E-state index contributed by atoms with van der Waals surface area (Å²) >= 11 is 1.44. The molecule has 1 aromatic carbocycles. The Morgan fingerprint density at radius 2 is 1.86 bits per heavy atom. The normalized spacial score (nSPS) is 16.7. The molecule has 0 amide bonds. The van der Waals surface area contributed by atoms with Crippen LogP contribution >= 0.6 is 11.8 Å². The summed E-state index contributed by atoms with van der Waals surface area (Å²) in [6.45, 7) is 1.81. The van der Waals surface area contributed by atoms with Gasteiger partial charge < -0.3 is 0 Å². The molecule has 1 fully saturated rings. The van der Waals surface area contributed by atoms with E-state index in [4.69, 9.17) is 0 Å². The van der Waals surface area contributed by atoms with Crippen LogP contribution in [0.4, 0.5) is 5.69 Å². The van der Waals surface area contributed by atoms with Crippen molar-refractivity contribution in [3.8, 4) is 0 Å². The van der Waals surface area contributed by atoms with Gasteiger partial charge in [-0.15, -0.1) is 0 Å². The summed E-state index contributed by atoms with van der Waals surface area (Å²) in [5.74, 6) is 0. The monoisotopic (exact) mass is 305 g/mol. The zero-order chi connectivity index (χ0) is 15.2. The van der Waals surface area contributed by atoms with Crippen LogP contribution in [0.5, 0.6) is 0 Å². The van der Waals surface area contributed by atoms with E-state index >= 15 is 0 Å². The number of nitro groups is 1. The fraction of sp³-hybridized carbons (Fsp3) is 0.438. The van der Waals surface area contributed by atoms with Crippen molar-refractivity contribution in [1.82, 2.24) is 0 Å². The van der Waals surface area contributed by atoms with Crippen molar-refractivity contribution in [2.45, 2.75) is 44.3 Å².